The van der Waals surface area contributed by atoms with Crippen molar-refractivity contribution < 1.29 is 18.4 Å². The van der Waals surface area contributed by atoms with Gasteiger partial charge in [0.2, 0.25) is 5.91 Å². The number of rotatable bonds is 5. The molecular formula is C20H23F2N5O2. The first kappa shape index (κ1) is 20.9. The van der Waals surface area contributed by atoms with Crippen LogP contribution in [0.4, 0.5) is 8.78 Å². The monoisotopic (exact) mass is 403 g/mol. The van der Waals surface area contributed by atoms with Gasteiger partial charge in [-0.2, -0.15) is 5.26 Å². The highest BCUT2D eigenvalue weighted by molar-refractivity contribution is 5.99. The van der Waals surface area contributed by atoms with E-state index in [2.05, 4.69) is 21.7 Å². The third-order valence-corrected chi connectivity index (χ3v) is 5.17. The average molecular weight is 403 g/mol. The summed E-state index contributed by atoms with van der Waals surface area (Å²) in [6.07, 6.45) is 8.32. The average Bonchev–Trinajstić information content (AvgIpc) is 3.06. The van der Waals surface area contributed by atoms with E-state index in [1.807, 2.05) is 6.08 Å². The van der Waals surface area contributed by atoms with Crippen LogP contribution in [0.1, 0.15) is 35.2 Å². The maximum atomic E-state index is 13.5. The topological polar surface area (TPSA) is 98.1 Å². The van der Waals surface area contributed by atoms with Crippen molar-refractivity contribution in [1.82, 2.24) is 20.5 Å². The van der Waals surface area contributed by atoms with Crippen LogP contribution in [-0.4, -0.2) is 59.8 Å². The van der Waals surface area contributed by atoms with Gasteiger partial charge in [0.25, 0.3) is 11.8 Å². The van der Waals surface area contributed by atoms with Crippen molar-refractivity contribution in [1.29, 1.82) is 5.26 Å². The summed E-state index contributed by atoms with van der Waals surface area (Å²) in [5.74, 6) is -3.86. The summed E-state index contributed by atoms with van der Waals surface area (Å²) in [5.41, 5.74) is 0.972. The number of nitriles is 1. The molecule has 3 heterocycles. The smallest absolute Gasteiger partial charge is 0.268 e. The van der Waals surface area contributed by atoms with Crippen molar-refractivity contribution in [3.8, 4) is 6.07 Å². The minimum atomic E-state index is -3.09. The summed E-state index contributed by atoms with van der Waals surface area (Å²) in [6, 6.07) is 2.08. The number of nitrogens with zero attached hydrogens (tertiary/aromatic N) is 3. The summed E-state index contributed by atoms with van der Waals surface area (Å²) in [4.78, 5) is 29.7. The van der Waals surface area contributed by atoms with E-state index in [1.165, 1.54) is 6.20 Å². The first-order valence-corrected chi connectivity index (χ1v) is 9.58. The Labute approximate surface area is 167 Å². The molecule has 0 bridgehead atoms. The highest BCUT2D eigenvalue weighted by Gasteiger charge is 2.47. The van der Waals surface area contributed by atoms with E-state index in [9.17, 15) is 18.4 Å². The lowest BCUT2D eigenvalue weighted by molar-refractivity contribution is -0.131. The molecular weight excluding hydrogens is 380 g/mol. The predicted molar refractivity (Wildman–Crippen MR) is 102 cm³/mol. The zero-order valence-corrected chi connectivity index (χ0v) is 15.9. The van der Waals surface area contributed by atoms with Gasteiger partial charge in [-0.3, -0.25) is 14.6 Å². The van der Waals surface area contributed by atoms with Crippen molar-refractivity contribution >= 4 is 17.9 Å². The van der Waals surface area contributed by atoms with Crippen LogP contribution in [0.25, 0.3) is 6.08 Å². The van der Waals surface area contributed by atoms with Crippen LogP contribution < -0.4 is 10.6 Å². The van der Waals surface area contributed by atoms with E-state index < -0.39 is 43.3 Å². The fraction of sp³-hybridized carbons (Fsp3) is 0.500. The molecule has 2 fully saturated rings. The second kappa shape index (κ2) is 9.09. The summed E-state index contributed by atoms with van der Waals surface area (Å²) >= 11 is 0. The maximum absolute atomic E-state index is 13.5. The number of amides is 2. The Bertz CT molecular complexity index is 830. The fourth-order valence-electron chi connectivity index (χ4n) is 3.57. The molecule has 1 atom stereocenters. The molecule has 1 aromatic heterocycles. The summed E-state index contributed by atoms with van der Waals surface area (Å²) in [7, 11) is 0. The molecule has 154 valence electrons. The molecule has 0 spiro atoms. The van der Waals surface area contributed by atoms with Gasteiger partial charge in [0, 0.05) is 29.9 Å². The SMILES string of the molecule is N#CC1CC(F)(F)CN1C(=O)CNC(=O)c1ccncc1C=CC1CCNCC1. The molecule has 2 aliphatic rings. The summed E-state index contributed by atoms with van der Waals surface area (Å²) < 4.78 is 27.0. The van der Waals surface area contributed by atoms with E-state index in [0.717, 1.165) is 30.8 Å². The molecule has 7 nitrogen and oxygen atoms in total. The van der Waals surface area contributed by atoms with Crippen molar-refractivity contribution in [2.75, 3.05) is 26.2 Å². The number of halogens is 2. The lowest BCUT2D eigenvalue weighted by atomic mass is 9.96. The Hall–Kier alpha value is -2.86. The molecule has 0 aliphatic carbocycles. The highest BCUT2D eigenvalue weighted by atomic mass is 19.3. The second-order valence-corrected chi connectivity index (χ2v) is 7.32. The molecule has 0 aromatic carbocycles. The Morgan fingerprint density at radius 1 is 1.41 bits per heavy atom. The Kier molecular flexibility index (Phi) is 6.54. The zero-order valence-electron chi connectivity index (χ0n) is 15.9. The van der Waals surface area contributed by atoms with Crippen LogP contribution in [0.2, 0.25) is 0 Å². The Morgan fingerprint density at radius 3 is 2.90 bits per heavy atom. The molecule has 9 heteroatoms. The number of carbonyl (C=O) groups is 2. The van der Waals surface area contributed by atoms with Gasteiger partial charge in [0.15, 0.2) is 0 Å². The Balaban J connectivity index is 1.62. The van der Waals surface area contributed by atoms with Crippen molar-refractivity contribution in [3.05, 3.63) is 35.7 Å². The van der Waals surface area contributed by atoms with Gasteiger partial charge < -0.3 is 15.5 Å². The molecule has 0 radical (unpaired) electrons. The largest absolute Gasteiger partial charge is 0.343 e. The van der Waals surface area contributed by atoms with Crippen molar-refractivity contribution in [2.24, 2.45) is 5.92 Å². The first-order chi connectivity index (χ1) is 13.9. The lowest BCUT2D eigenvalue weighted by Crippen LogP contribution is -2.43. The van der Waals surface area contributed by atoms with E-state index in [1.54, 1.807) is 18.3 Å². The second-order valence-electron chi connectivity index (χ2n) is 7.32. The van der Waals surface area contributed by atoms with Crippen LogP contribution >= 0.6 is 0 Å². The van der Waals surface area contributed by atoms with Crippen molar-refractivity contribution in [3.63, 3.8) is 0 Å². The van der Waals surface area contributed by atoms with E-state index >= 15 is 0 Å². The molecule has 3 rings (SSSR count). The number of aromatic nitrogens is 1. The van der Waals surface area contributed by atoms with Crippen LogP contribution in [-0.2, 0) is 4.79 Å². The normalized spacial score (nSPS) is 21.8. The molecule has 2 aliphatic heterocycles. The van der Waals surface area contributed by atoms with Gasteiger partial charge in [-0.1, -0.05) is 12.2 Å². The molecule has 2 amide bonds. The number of nitrogens with one attached hydrogen (secondary N) is 2. The molecule has 1 aromatic rings. The molecule has 2 saturated heterocycles. The fourth-order valence-corrected chi connectivity index (χ4v) is 3.57. The van der Waals surface area contributed by atoms with E-state index in [0.29, 0.717) is 17.0 Å². The van der Waals surface area contributed by atoms with Crippen LogP contribution in [0.3, 0.4) is 0 Å². The number of alkyl halides is 2. The third kappa shape index (κ3) is 5.35. The molecule has 29 heavy (non-hydrogen) atoms. The maximum Gasteiger partial charge on any atom is 0.268 e. The van der Waals surface area contributed by atoms with E-state index in [4.69, 9.17) is 5.26 Å². The Morgan fingerprint density at radius 2 is 2.17 bits per heavy atom. The minimum absolute atomic E-state index is 0.349. The standard InChI is InChI=1S/C20H23F2N5O2/c21-20(22)9-16(10-23)27(13-20)18(28)12-26-19(29)17-5-8-25-11-15(17)2-1-14-3-6-24-7-4-14/h1-2,5,8,11,14,16,24H,3-4,6-7,9,12-13H2,(H,26,29). The summed E-state index contributed by atoms with van der Waals surface area (Å²) in [6.45, 7) is 0.653. The number of likely N-dealkylation sites (tertiary alicyclic amines) is 1. The number of hydrogen-bond donors (Lipinski definition) is 2. The van der Waals surface area contributed by atoms with Crippen LogP contribution in [0.15, 0.2) is 24.5 Å². The quantitative estimate of drug-likeness (QED) is 0.778. The predicted octanol–water partition coefficient (Wildman–Crippen LogP) is 1.58. The zero-order chi connectivity index (χ0) is 20.9. The van der Waals surface area contributed by atoms with Gasteiger partial charge >= 0.3 is 0 Å². The number of carbonyl (C=O) groups excluding carboxylic acids is 2. The van der Waals surface area contributed by atoms with Gasteiger partial charge in [-0.25, -0.2) is 8.78 Å². The van der Waals surface area contributed by atoms with Crippen LogP contribution in [0, 0.1) is 17.2 Å². The molecule has 1 unspecified atom stereocenters. The molecule has 0 saturated carbocycles. The van der Waals surface area contributed by atoms with Crippen LogP contribution in [0.5, 0.6) is 0 Å². The highest BCUT2D eigenvalue weighted by Crippen LogP contribution is 2.31. The number of hydrogen-bond acceptors (Lipinski definition) is 5. The van der Waals surface area contributed by atoms with Gasteiger partial charge in [-0.15, -0.1) is 0 Å². The van der Waals surface area contributed by atoms with Gasteiger partial charge in [-0.05, 0) is 37.9 Å². The third-order valence-electron chi connectivity index (χ3n) is 5.17. The summed E-state index contributed by atoms with van der Waals surface area (Å²) in [5, 5.41) is 14.8. The number of pyridine rings is 1. The van der Waals surface area contributed by atoms with Gasteiger partial charge in [0.05, 0.1) is 19.2 Å². The van der Waals surface area contributed by atoms with Gasteiger partial charge in [0.1, 0.15) is 6.04 Å². The van der Waals surface area contributed by atoms with E-state index in [-0.39, 0.29) is 0 Å². The number of piperidine rings is 1. The lowest BCUT2D eigenvalue weighted by Gasteiger charge is -2.20. The minimum Gasteiger partial charge on any atom is -0.343 e. The van der Waals surface area contributed by atoms with Crippen molar-refractivity contribution in [2.45, 2.75) is 31.2 Å². The molecule has 2 N–H and O–H groups in total. The number of allylic oxidation sites excluding steroid dienone is 1. The first-order valence-electron chi connectivity index (χ1n) is 9.58.